The number of hydrogen-bond acceptors (Lipinski definition) is 28. The Morgan fingerprint density at radius 1 is 0.486 bits per heavy atom. The van der Waals surface area contributed by atoms with Crippen LogP contribution in [-0.4, -0.2) is 191 Å². The Morgan fingerprint density at radius 2 is 0.951 bits per heavy atom. The third-order valence-corrected chi connectivity index (χ3v) is 23.9. The lowest BCUT2D eigenvalue weighted by Crippen LogP contribution is -2.36. The minimum Gasteiger partial charge on any atom is -0.489 e. The Balaban J connectivity index is 0.000000143. The number of halogens is 8. The first kappa shape index (κ1) is 105. The van der Waals surface area contributed by atoms with Crippen molar-refractivity contribution in [3.05, 3.63) is 299 Å². The van der Waals surface area contributed by atoms with E-state index >= 15 is 0 Å². The number of morpholine rings is 1. The number of carbonyl (C=O) groups is 2. The SMILES string of the molecule is CS(=O)(=O)n1nc(C2CC2)nc1-c1ccc(OC/C(=C/F)CN)cc1.NC/C(=C\F)COc1ccc(-c2n[nH]c(C3CCCC3)n2)cc1.NC/C(=C\F)COc1ccc(-c2nc(C3CC3)no2)c(Cl)c1.NC/C(=C\F)COc1ccc(-c2nc3ccc(Cl)cc3[nH]2)cc1.NC/C(=C\F)COc1ccc(-c2nccc(N3CCOCC3)n2)cc1.NC/C(=C\F)COc1ccc(N2C(=O)C(=O)c3ccccc32)cc1. The Bertz CT molecular complexity index is 6670. The van der Waals surface area contributed by atoms with Gasteiger partial charge in [0.15, 0.2) is 29.1 Å². The lowest BCUT2D eigenvalue weighted by atomic mass is 10.1. The molecule has 7 heterocycles. The number of aromatic nitrogens is 12. The van der Waals surface area contributed by atoms with Gasteiger partial charge in [0, 0.05) is 143 Å². The second-order valence-corrected chi connectivity index (χ2v) is 35.5. The standard InChI is InChI=1S/C18H21FN4O2.C18H15FN2O3.C17H15ClFN3O.C17H21FN4O.C16H19FN4O3S.C15H15ClFN3O2/c19-11-14(12-20)13-25-16-3-1-15(2-4-16)18-21-6-5-17(22-18)23-7-9-24-10-8-23;19-9-12(10-20)11-24-14-7-5-13(6-8-14)21-16-4-2-1-3-15(16)17(22)18(21)23;18-13-3-6-15-16(7-13)22-17(21-15)12-1-4-14(5-2-12)23-10-11(8-19)9-20;18-9-12(10-19)11-23-15-7-5-14(6-8-15)17-20-16(21-22-17)13-3-1-2-4-13;1-25(22,23)21-16(19-15(20-21)12-2-3-12)13-4-6-14(7-5-13)24-10-11(8-17)9-18;16-13-5-11(21-8-9(6-17)7-18)3-4-12(13)15-19-14(20-22-15)10-1-2-10/h1-6,11H,7-10,12-13,20H2;1-9H,10-11,20H2;1-8H,9-10,20H2,(H,21,22);5-9,13H,1-4,10-11,19H2,(H,20,21,22);4-8,12H,2-3,9-10,18H2,1H3;3-6,10H,1-2,7-8,18H2/b14-11+;12-9+;11-8+;12-9+;11-8+;9-6+. The molecule has 18 rings (SSSR count). The molecule has 41 heteroatoms. The summed E-state index contributed by atoms with van der Waals surface area (Å²) >= 11 is 12.2. The van der Waals surface area contributed by atoms with E-state index < -0.39 is 21.7 Å². The number of para-hydroxylation sites is 1. The minimum absolute atomic E-state index is 0.0519. The molecule has 0 bridgehead atoms. The molecule has 744 valence electrons. The molecule has 5 aliphatic rings. The van der Waals surface area contributed by atoms with Crippen molar-refractivity contribution < 1.29 is 82.0 Å². The average molecular weight is 2010 g/mol. The van der Waals surface area contributed by atoms with Crippen LogP contribution in [0.4, 0.5) is 43.5 Å². The quantitative estimate of drug-likeness (QED) is 0.0135. The van der Waals surface area contributed by atoms with E-state index in [1.807, 2.05) is 91.0 Å². The van der Waals surface area contributed by atoms with Gasteiger partial charge in [-0.15, -0.1) is 9.19 Å². The first-order valence-electron chi connectivity index (χ1n) is 45.3. The van der Waals surface area contributed by atoms with Crippen molar-refractivity contribution in [1.29, 1.82) is 0 Å². The van der Waals surface area contributed by atoms with Crippen LogP contribution in [0, 0.1) is 0 Å². The number of nitrogens with one attached hydrogen (secondary N) is 2. The fourth-order valence-electron chi connectivity index (χ4n) is 14.0. The number of aromatic amines is 2. The number of amides is 1. The van der Waals surface area contributed by atoms with E-state index in [2.05, 4.69) is 60.2 Å². The molecule has 14 N–H and O–H groups in total. The molecule has 0 unspecified atom stereocenters. The Morgan fingerprint density at radius 3 is 1.44 bits per heavy atom. The van der Waals surface area contributed by atoms with Crippen molar-refractivity contribution in [2.45, 2.75) is 69.1 Å². The number of imidazole rings is 1. The van der Waals surface area contributed by atoms with Crippen molar-refractivity contribution >= 4 is 73.1 Å². The molecule has 3 saturated carbocycles. The van der Waals surface area contributed by atoms with Gasteiger partial charge in [-0.25, -0.2) is 59.7 Å². The predicted octanol–water partition coefficient (Wildman–Crippen LogP) is 17.6. The highest BCUT2D eigenvalue weighted by molar-refractivity contribution is 7.89. The Hall–Kier alpha value is -14.3. The number of H-pyrrole nitrogens is 2. The monoisotopic (exact) mass is 2010 g/mol. The second kappa shape index (κ2) is 52.3. The number of Topliss-reactive ketones (excluding diaryl/α,β-unsaturated/α-hetero) is 1. The van der Waals surface area contributed by atoms with Gasteiger partial charge in [-0.05, 0) is 214 Å². The molecular formula is C101H106Cl2F6N20O12S. The maximum atomic E-state index is 12.5. The van der Waals surface area contributed by atoms with Gasteiger partial charge in [-0.3, -0.25) is 19.6 Å². The van der Waals surface area contributed by atoms with Crippen LogP contribution in [0.15, 0.2) is 270 Å². The number of ether oxygens (including phenoxy) is 7. The molecule has 3 aliphatic carbocycles. The van der Waals surface area contributed by atoms with Crippen LogP contribution < -0.4 is 72.6 Å². The molecule has 142 heavy (non-hydrogen) atoms. The van der Waals surface area contributed by atoms with Crippen molar-refractivity contribution in [1.82, 2.24) is 59.4 Å². The van der Waals surface area contributed by atoms with E-state index in [1.165, 1.54) is 30.6 Å². The first-order chi connectivity index (χ1) is 69.1. The average Bonchev–Trinajstić information content (AvgIpc) is 1.62. The smallest absolute Gasteiger partial charge is 0.304 e. The van der Waals surface area contributed by atoms with Gasteiger partial charge in [-0.2, -0.15) is 10.1 Å². The van der Waals surface area contributed by atoms with Gasteiger partial charge in [0.1, 0.15) is 91.6 Å². The van der Waals surface area contributed by atoms with Crippen LogP contribution in [0.1, 0.15) is 97.0 Å². The van der Waals surface area contributed by atoms with Crippen LogP contribution in [0.5, 0.6) is 34.5 Å². The number of fused-ring (bicyclic) bond motifs is 2. The highest BCUT2D eigenvalue weighted by atomic mass is 35.5. The molecule has 0 spiro atoms. The number of carbonyl (C=O) groups excluding carboxylic acids is 2. The Kier molecular flexibility index (Phi) is 38.7. The van der Waals surface area contributed by atoms with Gasteiger partial charge < -0.3 is 82.0 Å². The fourth-order valence-corrected chi connectivity index (χ4v) is 15.1. The zero-order valence-corrected chi connectivity index (χ0v) is 79.6. The first-order valence-corrected chi connectivity index (χ1v) is 47.9. The number of hydrogen-bond donors (Lipinski definition) is 8. The number of nitrogens with two attached hydrogens (primary N) is 6. The third kappa shape index (κ3) is 29.5. The number of ketones is 1. The van der Waals surface area contributed by atoms with E-state index in [0.29, 0.717) is 192 Å². The number of anilines is 3. The molecule has 1 amide bonds. The summed E-state index contributed by atoms with van der Waals surface area (Å²) in [6, 6.07) is 54.9. The zero-order chi connectivity index (χ0) is 100. The normalized spacial score (nSPS) is 14.6. The predicted molar refractivity (Wildman–Crippen MR) is 531 cm³/mol. The van der Waals surface area contributed by atoms with Crippen molar-refractivity contribution in [3.8, 4) is 91.5 Å². The van der Waals surface area contributed by atoms with Crippen molar-refractivity contribution in [3.63, 3.8) is 0 Å². The molecule has 0 atom stereocenters. The summed E-state index contributed by atoms with van der Waals surface area (Å²) in [5.41, 5.74) is 41.8. The van der Waals surface area contributed by atoms with Crippen molar-refractivity contribution in [2.75, 3.05) is 121 Å². The Labute approximate surface area is 824 Å². The molecular weight excluding hydrogens is 1900 g/mol. The largest absolute Gasteiger partial charge is 0.489 e. The van der Waals surface area contributed by atoms with E-state index in [4.69, 9.17) is 95.3 Å². The van der Waals surface area contributed by atoms with Crippen LogP contribution in [-0.2, 0) is 19.6 Å². The molecule has 2 aliphatic heterocycles. The molecule has 1 saturated heterocycles. The van der Waals surface area contributed by atoms with E-state index in [9.17, 15) is 44.3 Å². The van der Waals surface area contributed by atoms with E-state index in [1.54, 1.807) is 103 Å². The summed E-state index contributed by atoms with van der Waals surface area (Å²) in [5.74, 6) is 9.50. The van der Waals surface area contributed by atoms with Crippen LogP contribution >= 0.6 is 23.2 Å². The molecule has 32 nitrogen and oxygen atoms in total. The topological polar surface area (TPSA) is 461 Å². The maximum Gasteiger partial charge on any atom is 0.304 e. The summed E-state index contributed by atoms with van der Waals surface area (Å²) in [7, 11) is -3.56. The maximum absolute atomic E-state index is 12.5. The molecule has 4 fully saturated rings. The van der Waals surface area contributed by atoms with E-state index in [-0.39, 0.29) is 90.7 Å². The van der Waals surface area contributed by atoms with Crippen molar-refractivity contribution in [2.24, 2.45) is 34.4 Å². The van der Waals surface area contributed by atoms with Gasteiger partial charge >= 0.3 is 5.91 Å². The van der Waals surface area contributed by atoms with Crippen LogP contribution in [0.25, 0.3) is 68.0 Å². The highest BCUT2D eigenvalue weighted by Gasteiger charge is 2.37. The number of rotatable bonds is 35. The van der Waals surface area contributed by atoms with Crippen LogP contribution in [0.2, 0.25) is 10.0 Å². The lowest BCUT2D eigenvalue weighted by Gasteiger charge is -2.27. The highest BCUT2D eigenvalue weighted by Crippen LogP contribution is 2.43. The molecule has 5 aromatic heterocycles. The van der Waals surface area contributed by atoms with E-state index in [0.717, 1.165) is 100 Å². The lowest BCUT2D eigenvalue weighted by molar-refractivity contribution is -0.113. The van der Waals surface area contributed by atoms with Gasteiger partial charge in [0.2, 0.25) is 0 Å². The second-order valence-electron chi connectivity index (χ2n) is 32.8. The summed E-state index contributed by atoms with van der Waals surface area (Å²) in [5, 5.41) is 16.6. The fraction of sp³-hybridized carbons (Fsp3) is 0.277. The third-order valence-electron chi connectivity index (χ3n) is 22.5. The van der Waals surface area contributed by atoms with Gasteiger partial charge in [0.25, 0.3) is 21.7 Å². The molecule has 13 aromatic rings. The minimum atomic E-state index is -3.56. The van der Waals surface area contributed by atoms with Crippen LogP contribution in [0.3, 0.4) is 0 Å². The number of nitrogens with zero attached hydrogens (tertiary/aromatic N) is 12. The van der Waals surface area contributed by atoms with Gasteiger partial charge in [-0.1, -0.05) is 53.3 Å². The number of benzene rings is 8. The van der Waals surface area contributed by atoms with Gasteiger partial charge in [0.05, 0.1) is 90.3 Å². The summed E-state index contributed by atoms with van der Waals surface area (Å²) in [6.07, 6.45) is 14.7. The summed E-state index contributed by atoms with van der Waals surface area (Å²) in [4.78, 5) is 57.9. The summed E-state index contributed by atoms with van der Waals surface area (Å²) in [6.45, 7) is 4.37. The summed E-state index contributed by atoms with van der Waals surface area (Å²) < 4.78 is 143. The molecule has 0 radical (unpaired) electrons. The molecule has 8 aromatic carbocycles. The zero-order valence-electron chi connectivity index (χ0n) is 77.3.